The summed E-state index contributed by atoms with van der Waals surface area (Å²) in [5, 5.41) is 6.84. The minimum Gasteiger partial charge on any atom is -0.444 e. The standard InChI is InChI=1S/C20H27N3O4/c1-20(2,3)27-19(25)22-17-13-26-11-10-21-18(24)9-8-14-12-23(17)16-7-5-4-6-15(14)16/h4-7,12,17H,8-11,13H2,1-3H3,(H,21,24)(H,22,25). The van der Waals surface area contributed by atoms with E-state index in [1.165, 1.54) is 0 Å². The number of alkyl carbamates (subject to hydrolysis) is 1. The number of carbonyl (C=O) groups is 2. The number of benzene rings is 1. The second-order valence-corrected chi connectivity index (χ2v) is 7.67. The highest BCUT2D eigenvalue weighted by Crippen LogP contribution is 2.26. The van der Waals surface area contributed by atoms with Gasteiger partial charge in [-0.15, -0.1) is 0 Å². The number of amides is 2. The molecule has 146 valence electrons. The molecule has 2 aromatic rings. The van der Waals surface area contributed by atoms with E-state index in [2.05, 4.69) is 10.6 Å². The Morgan fingerprint density at radius 3 is 2.85 bits per heavy atom. The van der Waals surface area contributed by atoms with Gasteiger partial charge in [0, 0.05) is 24.5 Å². The van der Waals surface area contributed by atoms with Crippen LogP contribution in [-0.2, 0) is 20.7 Å². The molecule has 2 bridgehead atoms. The highest BCUT2D eigenvalue weighted by molar-refractivity contribution is 5.85. The third-order valence-electron chi connectivity index (χ3n) is 4.31. The van der Waals surface area contributed by atoms with Crippen molar-refractivity contribution in [2.24, 2.45) is 0 Å². The second-order valence-electron chi connectivity index (χ2n) is 7.67. The summed E-state index contributed by atoms with van der Waals surface area (Å²) >= 11 is 0. The summed E-state index contributed by atoms with van der Waals surface area (Å²) in [4.78, 5) is 24.3. The Hall–Kier alpha value is -2.54. The molecule has 7 nitrogen and oxygen atoms in total. The van der Waals surface area contributed by atoms with Crippen molar-refractivity contribution in [1.82, 2.24) is 15.2 Å². The number of ether oxygens (including phenoxy) is 2. The van der Waals surface area contributed by atoms with Crippen molar-refractivity contribution in [1.29, 1.82) is 0 Å². The Bertz CT molecular complexity index is 822. The van der Waals surface area contributed by atoms with E-state index in [1.807, 2.05) is 55.8 Å². The molecule has 2 heterocycles. The maximum Gasteiger partial charge on any atom is 0.409 e. The summed E-state index contributed by atoms with van der Waals surface area (Å²) in [7, 11) is 0. The minimum atomic E-state index is -0.579. The summed E-state index contributed by atoms with van der Waals surface area (Å²) in [6.45, 7) is 6.59. The summed E-state index contributed by atoms with van der Waals surface area (Å²) in [5.41, 5.74) is 1.47. The zero-order chi connectivity index (χ0) is 19.4. The number of carbonyl (C=O) groups excluding carboxylic acids is 2. The lowest BCUT2D eigenvalue weighted by Gasteiger charge is -2.25. The Balaban J connectivity index is 1.94. The van der Waals surface area contributed by atoms with Crippen molar-refractivity contribution in [2.45, 2.75) is 45.4 Å². The van der Waals surface area contributed by atoms with E-state index < -0.39 is 17.9 Å². The quantitative estimate of drug-likeness (QED) is 0.805. The molecule has 1 atom stereocenters. The average Bonchev–Trinajstić information content (AvgIpc) is 2.95. The largest absolute Gasteiger partial charge is 0.444 e. The number of nitrogens with zero attached hydrogens (tertiary/aromatic N) is 1. The molecular formula is C20H27N3O4. The smallest absolute Gasteiger partial charge is 0.409 e. The predicted molar refractivity (Wildman–Crippen MR) is 102 cm³/mol. The summed E-state index contributed by atoms with van der Waals surface area (Å²) in [6, 6.07) is 7.96. The average molecular weight is 373 g/mol. The molecule has 1 aromatic carbocycles. The third-order valence-corrected chi connectivity index (χ3v) is 4.31. The fraction of sp³-hybridized carbons (Fsp3) is 0.500. The first-order valence-corrected chi connectivity index (χ1v) is 9.26. The lowest BCUT2D eigenvalue weighted by Crippen LogP contribution is -2.39. The first-order chi connectivity index (χ1) is 12.8. The summed E-state index contributed by atoms with van der Waals surface area (Å²) in [5.74, 6) is 0.0134. The van der Waals surface area contributed by atoms with E-state index in [4.69, 9.17) is 9.47 Å². The highest BCUT2D eigenvalue weighted by Gasteiger charge is 2.23. The molecule has 1 aliphatic heterocycles. The van der Waals surface area contributed by atoms with Gasteiger partial charge >= 0.3 is 6.09 Å². The number of hydrogen-bond acceptors (Lipinski definition) is 4. The number of rotatable bonds is 1. The van der Waals surface area contributed by atoms with Crippen LogP contribution < -0.4 is 10.6 Å². The summed E-state index contributed by atoms with van der Waals surface area (Å²) < 4.78 is 13.1. The van der Waals surface area contributed by atoms with Crippen molar-refractivity contribution in [3.63, 3.8) is 0 Å². The SMILES string of the molecule is CC(C)(C)OC(=O)NC1COCCNC(=O)CCc2cn1c1ccccc21. The third kappa shape index (κ3) is 5.01. The van der Waals surface area contributed by atoms with Crippen LogP contribution >= 0.6 is 0 Å². The Morgan fingerprint density at radius 2 is 2.07 bits per heavy atom. The topological polar surface area (TPSA) is 81.6 Å². The maximum atomic E-state index is 12.3. The fourth-order valence-electron chi connectivity index (χ4n) is 3.16. The Kier molecular flexibility index (Phi) is 5.70. The van der Waals surface area contributed by atoms with Crippen LogP contribution in [0, 0.1) is 0 Å². The molecule has 0 radical (unpaired) electrons. The van der Waals surface area contributed by atoms with Gasteiger partial charge in [-0.05, 0) is 38.8 Å². The van der Waals surface area contributed by atoms with Crippen LogP contribution in [0.3, 0.4) is 0 Å². The van der Waals surface area contributed by atoms with Gasteiger partial charge in [0.15, 0.2) is 0 Å². The highest BCUT2D eigenvalue weighted by atomic mass is 16.6. The van der Waals surface area contributed by atoms with Gasteiger partial charge in [-0.2, -0.15) is 0 Å². The molecule has 2 N–H and O–H groups in total. The molecule has 0 aliphatic carbocycles. The van der Waals surface area contributed by atoms with Gasteiger partial charge in [0.1, 0.15) is 11.8 Å². The molecular weight excluding hydrogens is 346 g/mol. The van der Waals surface area contributed by atoms with Crippen LogP contribution in [0.2, 0.25) is 0 Å². The van der Waals surface area contributed by atoms with Gasteiger partial charge in [-0.3, -0.25) is 10.1 Å². The summed E-state index contributed by atoms with van der Waals surface area (Å²) in [6.07, 6.45) is 2.15. The fourth-order valence-corrected chi connectivity index (χ4v) is 3.16. The number of fused-ring (bicyclic) bond motifs is 5. The molecule has 0 spiro atoms. The number of hydrogen-bond donors (Lipinski definition) is 2. The first-order valence-electron chi connectivity index (χ1n) is 9.26. The Morgan fingerprint density at radius 1 is 1.30 bits per heavy atom. The van der Waals surface area contributed by atoms with E-state index in [0.717, 1.165) is 16.5 Å². The van der Waals surface area contributed by atoms with Crippen LogP contribution in [0.5, 0.6) is 0 Å². The van der Waals surface area contributed by atoms with E-state index in [-0.39, 0.29) is 12.5 Å². The molecule has 1 unspecified atom stereocenters. The van der Waals surface area contributed by atoms with Crippen LogP contribution in [0.1, 0.15) is 38.9 Å². The van der Waals surface area contributed by atoms with E-state index in [9.17, 15) is 9.59 Å². The number of nitrogens with one attached hydrogen (secondary N) is 2. The number of aryl methyl sites for hydroxylation is 1. The van der Waals surface area contributed by atoms with Crippen molar-refractivity contribution < 1.29 is 19.1 Å². The van der Waals surface area contributed by atoms with Crippen molar-refractivity contribution in [2.75, 3.05) is 19.8 Å². The number of aromatic nitrogens is 1. The van der Waals surface area contributed by atoms with Gasteiger partial charge in [-0.1, -0.05) is 18.2 Å². The number of para-hydroxylation sites is 1. The lowest BCUT2D eigenvalue weighted by atomic mass is 10.1. The van der Waals surface area contributed by atoms with E-state index >= 15 is 0 Å². The first kappa shape index (κ1) is 19.2. The normalized spacial score (nSPS) is 18.9. The minimum absolute atomic E-state index is 0.0134. The van der Waals surface area contributed by atoms with Gasteiger partial charge in [0.2, 0.25) is 5.91 Å². The second kappa shape index (κ2) is 8.00. The van der Waals surface area contributed by atoms with E-state index in [0.29, 0.717) is 26.0 Å². The van der Waals surface area contributed by atoms with Crippen molar-refractivity contribution in [3.8, 4) is 0 Å². The molecule has 0 fully saturated rings. The van der Waals surface area contributed by atoms with Crippen molar-refractivity contribution in [3.05, 3.63) is 36.0 Å². The molecule has 1 aliphatic rings. The maximum absolute atomic E-state index is 12.3. The zero-order valence-electron chi connectivity index (χ0n) is 16.1. The molecule has 27 heavy (non-hydrogen) atoms. The van der Waals surface area contributed by atoms with Crippen LogP contribution in [0.15, 0.2) is 30.5 Å². The van der Waals surface area contributed by atoms with Gasteiger partial charge in [0.05, 0.1) is 18.7 Å². The zero-order valence-corrected chi connectivity index (χ0v) is 16.1. The van der Waals surface area contributed by atoms with Gasteiger partial charge in [-0.25, -0.2) is 4.79 Å². The van der Waals surface area contributed by atoms with Gasteiger partial charge < -0.3 is 19.4 Å². The van der Waals surface area contributed by atoms with E-state index in [1.54, 1.807) is 0 Å². The molecule has 1 aromatic heterocycles. The van der Waals surface area contributed by atoms with Crippen LogP contribution in [0.4, 0.5) is 4.79 Å². The van der Waals surface area contributed by atoms with Crippen LogP contribution in [-0.4, -0.2) is 41.9 Å². The van der Waals surface area contributed by atoms with Crippen LogP contribution in [0.25, 0.3) is 10.9 Å². The molecule has 0 saturated carbocycles. The molecule has 0 saturated heterocycles. The lowest BCUT2D eigenvalue weighted by molar-refractivity contribution is -0.121. The predicted octanol–water partition coefficient (Wildman–Crippen LogP) is 2.74. The monoisotopic (exact) mass is 373 g/mol. The van der Waals surface area contributed by atoms with Crippen molar-refractivity contribution >= 4 is 22.9 Å². The molecule has 7 heteroatoms. The molecule has 2 amide bonds. The molecule has 3 rings (SSSR count). The van der Waals surface area contributed by atoms with Gasteiger partial charge in [0.25, 0.3) is 0 Å². The Labute approximate surface area is 159 Å².